The van der Waals surface area contributed by atoms with E-state index >= 15 is 0 Å². The summed E-state index contributed by atoms with van der Waals surface area (Å²) < 4.78 is 0. The Morgan fingerprint density at radius 1 is 0.921 bits per heavy atom. The van der Waals surface area contributed by atoms with Crippen molar-refractivity contribution in [3.8, 4) is 0 Å². The van der Waals surface area contributed by atoms with Crippen molar-refractivity contribution in [2.24, 2.45) is 11.3 Å². The van der Waals surface area contributed by atoms with Gasteiger partial charge in [0.05, 0.1) is 11.6 Å². The van der Waals surface area contributed by atoms with E-state index in [1.54, 1.807) is 12.1 Å². The molecule has 6 nitrogen and oxygen atoms in total. The van der Waals surface area contributed by atoms with Gasteiger partial charge in [-0.25, -0.2) is 0 Å². The molecule has 198 valence electrons. The summed E-state index contributed by atoms with van der Waals surface area (Å²) in [6.07, 6.45) is 3.29. The van der Waals surface area contributed by atoms with Crippen molar-refractivity contribution >= 4 is 34.8 Å². The van der Waals surface area contributed by atoms with Crippen molar-refractivity contribution in [1.29, 1.82) is 0 Å². The molecule has 0 aliphatic carbocycles. The lowest BCUT2D eigenvalue weighted by Gasteiger charge is -2.30. The van der Waals surface area contributed by atoms with Crippen LogP contribution in [0.1, 0.15) is 56.8 Å². The topological polar surface area (TPSA) is 69.7 Å². The van der Waals surface area contributed by atoms with Gasteiger partial charge < -0.3 is 10.2 Å². The highest BCUT2D eigenvalue weighted by molar-refractivity contribution is 6.21. The SMILES string of the molecule is CCCCC(C)(C)C1CC(=O)N(c2ccc(N(CCNC(=O)c3ccccc3)c3ccccc3)cc2)C1=O. The van der Waals surface area contributed by atoms with Crippen LogP contribution in [0.5, 0.6) is 0 Å². The molecule has 1 unspecified atom stereocenters. The monoisotopic (exact) mass is 511 g/mol. The maximum absolute atomic E-state index is 13.3. The van der Waals surface area contributed by atoms with Gasteiger partial charge in [-0.15, -0.1) is 0 Å². The summed E-state index contributed by atoms with van der Waals surface area (Å²) in [5, 5.41) is 2.99. The molecule has 0 aromatic heterocycles. The minimum Gasteiger partial charge on any atom is -0.350 e. The van der Waals surface area contributed by atoms with Crippen molar-refractivity contribution in [3.63, 3.8) is 0 Å². The molecule has 1 aliphatic rings. The third-order valence-corrected chi connectivity index (χ3v) is 7.41. The van der Waals surface area contributed by atoms with Gasteiger partial charge in [0.15, 0.2) is 0 Å². The highest BCUT2D eigenvalue weighted by Crippen LogP contribution is 2.41. The van der Waals surface area contributed by atoms with Gasteiger partial charge in [0.25, 0.3) is 5.91 Å². The van der Waals surface area contributed by atoms with Gasteiger partial charge in [-0.05, 0) is 60.4 Å². The summed E-state index contributed by atoms with van der Waals surface area (Å²) in [6.45, 7) is 7.33. The molecular formula is C32H37N3O3. The molecule has 1 N–H and O–H groups in total. The van der Waals surface area contributed by atoms with Crippen LogP contribution in [0.3, 0.4) is 0 Å². The first-order valence-electron chi connectivity index (χ1n) is 13.4. The summed E-state index contributed by atoms with van der Waals surface area (Å²) >= 11 is 0. The Morgan fingerprint density at radius 2 is 1.53 bits per heavy atom. The van der Waals surface area contributed by atoms with E-state index in [0.29, 0.717) is 24.3 Å². The molecule has 0 spiro atoms. The smallest absolute Gasteiger partial charge is 0.251 e. The van der Waals surface area contributed by atoms with E-state index in [2.05, 4.69) is 31.0 Å². The fourth-order valence-electron chi connectivity index (χ4n) is 5.09. The zero-order valence-electron chi connectivity index (χ0n) is 22.5. The fourth-order valence-corrected chi connectivity index (χ4v) is 5.09. The van der Waals surface area contributed by atoms with E-state index in [4.69, 9.17) is 0 Å². The van der Waals surface area contributed by atoms with Gasteiger partial charge in [-0.2, -0.15) is 0 Å². The number of nitrogens with zero attached hydrogens (tertiary/aromatic N) is 2. The van der Waals surface area contributed by atoms with Crippen LogP contribution in [0, 0.1) is 11.3 Å². The number of carbonyl (C=O) groups excluding carboxylic acids is 3. The minimum atomic E-state index is -0.296. The van der Waals surface area contributed by atoms with Crippen molar-refractivity contribution in [3.05, 3.63) is 90.5 Å². The van der Waals surface area contributed by atoms with Gasteiger partial charge >= 0.3 is 0 Å². The van der Waals surface area contributed by atoms with Crippen LogP contribution >= 0.6 is 0 Å². The number of hydrogen-bond acceptors (Lipinski definition) is 4. The number of hydrogen-bond donors (Lipinski definition) is 1. The van der Waals surface area contributed by atoms with Crippen molar-refractivity contribution in [1.82, 2.24) is 5.32 Å². The summed E-state index contributed by atoms with van der Waals surface area (Å²) in [4.78, 5) is 42.3. The summed E-state index contributed by atoms with van der Waals surface area (Å²) in [7, 11) is 0. The first-order chi connectivity index (χ1) is 18.3. The van der Waals surface area contributed by atoms with E-state index in [1.165, 1.54) is 4.90 Å². The summed E-state index contributed by atoms with van der Waals surface area (Å²) in [5.41, 5.74) is 2.90. The molecule has 1 saturated heterocycles. The quantitative estimate of drug-likeness (QED) is 0.305. The maximum atomic E-state index is 13.3. The molecule has 1 heterocycles. The van der Waals surface area contributed by atoms with E-state index in [0.717, 1.165) is 30.6 Å². The lowest BCUT2D eigenvalue weighted by atomic mass is 9.74. The molecule has 4 rings (SSSR count). The lowest BCUT2D eigenvalue weighted by molar-refractivity contribution is -0.124. The fraction of sp³-hybridized carbons (Fsp3) is 0.344. The van der Waals surface area contributed by atoms with E-state index < -0.39 is 0 Å². The number of carbonyl (C=O) groups is 3. The highest BCUT2D eigenvalue weighted by Gasteiger charge is 2.46. The Morgan fingerprint density at radius 3 is 2.16 bits per heavy atom. The maximum Gasteiger partial charge on any atom is 0.251 e. The number of amides is 3. The van der Waals surface area contributed by atoms with Gasteiger partial charge in [0, 0.05) is 36.4 Å². The number of imide groups is 1. The average Bonchev–Trinajstić information content (AvgIpc) is 3.25. The molecule has 3 amide bonds. The van der Waals surface area contributed by atoms with Gasteiger partial charge in [-0.3, -0.25) is 19.3 Å². The van der Waals surface area contributed by atoms with Gasteiger partial charge in [0.2, 0.25) is 11.8 Å². The zero-order chi connectivity index (χ0) is 27.1. The Bertz CT molecular complexity index is 1240. The second-order valence-corrected chi connectivity index (χ2v) is 10.5. The number of anilines is 3. The molecule has 0 radical (unpaired) electrons. The van der Waals surface area contributed by atoms with Crippen LogP contribution in [0.15, 0.2) is 84.9 Å². The van der Waals surface area contributed by atoms with Crippen molar-refractivity contribution < 1.29 is 14.4 Å². The molecule has 38 heavy (non-hydrogen) atoms. The Balaban J connectivity index is 1.49. The Labute approximate surface area is 225 Å². The van der Waals surface area contributed by atoms with Crippen molar-refractivity contribution in [2.45, 2.75) is 46.5 Å². The third-order valence-electron chi connectivity index (χ3n) is 7.41. The molecular weight excluding hydrogens is 474 g/mol. The van der Waals surface area contributed by atoms with E-state index in [9.17, 15) is 14.4 Å². The second kappa shape index (κ2) is 12.1. The minimum absolute atomic E-state index is 0.104. The van der Waals surface area contributed by atoms with Crippen LogP contribution in [0.25, 0.3) is 0 Å². The molecule has 3 aromatic rings. The molecule has 3 aromatic carbocycles. The number of benzene rings is 3. The largest absolute Gasteiger partial charge is 0.350 e. The molecule has 1 aliphatic heterocycles. The molecule has 0 bridgehead atoms. The summed E-state index contributed by atoms with van der Waals surface area (Å²) in [5.74, 6) is -0.653. The lowest BCUT2D eigenvalue weighted by Crippen LogP contribution is -2.35. The number of rotatable bonds is 11. The Kier molecular flexibility index (Phi) is 8.62. The molecule has 6 heteroatoms. The molecule has 1 fully saturated rings. The van der Waals surface area contributed by atoms with Gasteiger partial charge in [-0.1, -0.05) is 70.0 Å². The van der Waals surface area contributed by atoms with Crippen LogP contribution in [-0.4, -0.2) is 30.8 Å². The summed E-state index contributed by atoms with van der Waals surface area (Å²) in [6, 6.07) is 26.6. The zero-order valence-corrected chi connectivity index (χ0v) is 22.5. The first kappa shape index (κ1) is 27.1. The third kappa shape index (κ3) is 6.13. The highest BCUT2D eigenvalue weighted by atomic mass is 16.2. The second-order valence-electron chi connectivity index (χ2n) is 10.5. The number of para-hydroxylation sites is 1. The predicted octanol–water partition coefficient (Wildman–Crippen LogP) is 6.35. The normalized spacial score (nSPS) is 15.6. The van der Waals surface area contributed by atoms with E-state index in [-0.39, 0.29) is 35.5 Å². The molecule has 0 saturated carbocycles. The number of nitrogens with one attached hydrogen (secondary N) is 1. The standard InChI is InChI=1S/C32H37N3O3/c1-4-5-20-32(2,3)28-23-29(36)35(31(28)38)27-18-16-26(17-19-27)34(25-14-10-7-11-15-25)22-21-33-30(37)24-12-8-6-9-13-24/h6-19,28H,4-5,20-23H2,1-3H3,(H,33,37). The number of unbranched alkanes of at least 4 members (excludes halogenated alkanes) is 1. The molecule has 1 atom stereocenters. The van der Waals surface area contributed by atoms with Crippen LogP contribution in [0.2, 0.25) is 0 Å². The van der Waals surface area contributed by atoms with Gasteiger partial charge in [0.1, 0.15) is 0 Å². The first-order valence-corrected chi connectivity index (χ1v) is 13.4. The van der Waals surface area contributed by atoms with Crippen LogP contribution < -0.4 is 15.1 Å². The van der Waals surface area contributed by atoms with Crippen LogP contribution in [-0.2, 0) is 9.59 Å². The van der Waals surface area contributed by atoms with Crippen LogP contribution in [0.4, 0.5) is 17.1 Å². The average molecular weight is 512 g/mol. The predicted molar refractivity (Wildman–Crippen MR) is 153 cm³/mol. The van der Waals surface area contributed by atoms with E-state index in [1.807, 2.05) is 72.8 Å². The Hall–Kier alpha value is -3.93. The van der Waals surface area contributed by atoms with Crippen molar-refractivity contribution in [2.75, 3.05) is 22.9 Å².